The molecule has 0 saturated carbocycles. The molecule has 0 bridgehead atoms. The molecule has 1 aromatic heterocycles. The van der Waals surface area contributed by atoms with E-state index < -0.39 is 5.41 Å². The predicted molar refractivity (Wildman–Crippen MR) is 238 cm³/mol. The number of hydrogen-bond donors (Lipinski definition) is 0. The first-order chi connectivity index (χ1) is 28.8. The molecule has 0 fully saturated rings. The number of nitrogens with zero attached hydrogens (tertiary/aromatic N) is 2. The van der Waals surface area contributed by atoms with Gasteiger partial charge in [-0.15, -0.1) is 0 Å². The highest BCUT2D eigenvalue weighted by atomic mass is 16.5. The molecule has 8 aromatic carbocycles. The lowest BCUT2D eigenvalue weighted by atomic mass is 9.67. The minimum Gasteiger partial charge on any atom is -0.485 e. The van der Waals surface area contributed by atoms with Gasteiger partial charge in [0.1, 0.15) is 11.9 Å². The molecule has 0 N–H and O–H groups in total. The van der Waals surface area contributed by atoms with Gasteiger partial charge in [-0.05, 0) is 94.1 Å². The van der Waals surface area contributed by atoms with Crippen LogP contribution in [0, 0.1) is 0 Å². The number of rotatable bonds is 6. The van der Waals surface area contributed by atoms with Crippen molar-refractivity contribution in [1.82, 2.24) is 4.57 Å². The van der Waals surface area contributed by atoms with Crippen molar-refractivity contribution in [2.45, 2.75) is 17.4 Å². The van der Waals surface area contributed by atoms with Crippen molar-refractivity contribution >= 4 is 38.9 Å². The maximum absolute atomic E-state index is 6.65. The lowest BCUT2D eigenvalue weighted by Crippen LogP contribution is -2.28. The first-order valence-electron chi connectivity index (χ1n) is 20.2. The summed E-state index contributed by atoms with van der Waals surface area (Å²) in [6, 6.07) is 71.3. The van der Waals surface area contributed by atoms with E-state index in [9.17, 15) is 0 Å². The summed E-state index contributed by atoms with van der Waals surface area (Å²) in [4.78, 5) is 2.43. The van der Waals surface area contributed by atoms with Gasteiger partial charge in [-0.2, -0.15) is 0 Å². The number of fused-ring (bicyclic) bond motifs is 9. The van der Waals surface area contributed by atoms with Crippen LogP contribution in [0.5, 0.6) is 5.75 Å². The largest absolute Gasteiger partial charge is 0.485 e. The van der Waals surface area contributed by atoms with Crippen LogP contribution in [0.15, 0.2) is 218 Å². The first kappa shape index (κ1) is 32.8. The molecule has 0 amide bonds. The molecule has 3 nitrogen and oxygen atoms in total. The molecule has 0 spiro atoms. The van der Waals surface area contributed by atoms with Crippen molar-refractivity contribution in [3.8, 4) is 22.6 Å². The minimum absolute atomic E-state index is 0.0139. The molecule has 3 aliphatic rings. The Kier molecular flexibility index (Phi) is 7.27. The highest BCUT2D eigenvalue weighted by Gasteiger charge is 2.46. The number of hydrogen-bond acceptors (Lipinski definition) is 2. The van der Waals surface area contributed by atoms with Gasteiger partial charge in [-0.3, -0.25) is 0 Å². The topological polar surface area (TPSA) is 17.4 Å². The van der Waals surface area contributed by atoms with Gasteiger partial charge in [0.15, 0.2) is 0 Å². The Morgan fingerprint density at radius 2 is 1.07 bits per heavy atom. The molecular formula is C55H38N2O. The van der Waals surface area contributed by atoms with Crippen LogP contribution in [0.2, 0.25) is 0 Å². The second-order valence-corrected chi connectivity index (χ2v) is 15.6. The maximum Gasteiger partial charge on any atom is 0.128 e. The number of ether oxygens (including phenoxy) is 1. The Labute approximate surface area is 338 Å². The van der Waals surface area contributed by atoms with Crippen molar-refractivity contribution < 1.29 is 4.74 Å². The smallest absolute Gasteiger partial charge is 0.128 e. The number of aromatic nitrogens is 1. The summed E-state index contributed by atoms with van der Waals surface area (Å²) in [5.74, 6) is 1.16. The minimum atomic E-state index is -0.515. The van der Waals surface area contributed by atoms with Crippen LogP contribution in [0.3, 0.4) is 0 Å². The summed E-state index contributed by atoms with van der Waals surface area (Å²) in [5, 5.41) is 2.43. The molecule has 1 aliphatic heterocycles. The van der Waals surface area contributed by atoms with Gasteiger partial charge in [0.05, 0.1) is 16.4 Å². The van der Waals surface area contributed by atoms with E-state index >= 15 is 0 Å². The number of allylic oxidation sites excluding steroid dienone is 2. The lowest BCUT2D eigenvalue weighted by Gasteiger charge is -2.35. The number of benzene rings is 8. The lowest BCUT2D eigenvalue weighted by molar-refractivity contribution is 0.269. The molecule has 2 heterocycles. The van der Waals surface area contributed by atoms with E-state index in [1.165, 1.54) is 60.8 Å². The fraction of sp³-hybridized carbons (Fsp3) is 0.0545. The Morgan fingerprint density at radius 1 is 0.466 bits per heavy atom. The molecule has 2 atom stereocenters. The fourth-order valence-electron chi connectivity index (χ4n) is 10.1. The molecule has 0 saturated heterocycles. The van der Waals surface area contributed by atoms with Crippen molar-refractivity contribution in [1.29, 1.82) is 0 Å². The van der Waals surface area contributed by atoms with E-state index in [4.69, 9.17) is 4.74 Å². The summed E-state index contributed by atoms with van der Waals surface area (Å²) in [6.07, 6.45) is 8.67. The summed E-state index contributed by atoms with van der Waals surface area (Å²) >= 11 is 0. The monoisotopic (exact) mass is 742 g/mol. The van der Waals surface area contributed by atoms with Gasteiger partial charge >= 0.3 is 0 Å². The van der Waals surface area contributed by atoms with Crippen LogP contribution in [0.4, 0.5) is 17.1 Å². The third kappa shape index (κ3) is 4.74. The van der Waals surface area contributed by atoms with E-state index in [2.05, 4.69) is 228 Å². The summed E-state index contributed by atoms with van der Waals surface area (Å²) in [6.45, 7) is 0. The summed E-state index contributed by atoms with van der Waals surface area (Å²) in [5.41, 5.74) is 15.1. The van der Waals surface area contributed by atoms with Crippen LogP contribution in [-0.2, 0) is 5.41 Å². The van der Waals surface area contributed by atoms with Gasteiger partial charge in [-0.1, -0.05) is 152 Å². The molecule has 0 radical (unpaired) electrons. The fourth-order valence-corrected chi connectivity index (χ4v) is 10.1. The van der Waals surface area contributed by atoms with Crippen molar-refractivity contribution in [2.75, 3.05) is 4.90 Å². The third-order valence-electron chi connectivity index (χ3n) is 12.6. The van der Waals surface area contributed by atoms with Gasteiger partial charge in [-0.25, -0.2) is 0 Å². The standard InChI is InChI=1S/C55H38N2O/c1-4-16-37(17-5-1)55(38-18-6-2-7-19-38)49-25-13-10-22-43(49)44-31-28-41(35-50(44)55)56(42-29-32-47-46-24-12-15-27-53(46)58-54(47)36-42)40-30-33-52-48(34-40)45-23-11-14-26-51(45)57(52)39-20-8-3-9-21-39/h1-36,46,53H. The van der Waals surface area contributed by atoms with Crippen LogP contribution in [0.1, 0.15) is 33.7 Å². The highest BCUT2D eigenvalue weighted by molar-refractivity contribution is 6.10. The summed E-state index contributed by atoms with van der Waals surface area (Å²) < 4.78 is 9.03. The average Bonchev–Trinajstić information content (AvgIpc) is 3.93. The average molecular weight is 743 g/mol. The molecule has 12 rings (SSSR count). The van der Waals surface area contributed by atoms with Crippen molar-refractivity contribution in [3.63, 3.8) is 0 Å². The van der Waals surface area contributed by atoms with Crippen molar-refractivity contribution in [2.24, 2.45) is 0 Å². The predicted octanol–water partition coefficient (Wildman–Crippen LogP) is 13.6. The zero-order valence-corrected chi connectivity index (χ0v) is 31.7. The first-order valence-corrected chi connectivity index (χ1v) is 20.2. The Hall–Kier alpha value is -7.36. The molecule has 274 valence electrons. The molecule has 2 unspecified atom stereocenters. The molecule has 2 aliphatic carbocycles. The quantitative estimate of drug-likeness (QED) is 0.169. The van der Waals surface area contributed by atoms with Crippen LogP contribution < -0.4 is 9.64 Å². The molecular weight excluding hydrogens is 705 g/mol. The number of anilines is 3. The summed E-state index contributed by atoms with van der Waals surface area (Å²) in [7, 11) is 0. The van der Waals surface area contributed by atoms with Gasteiger partial charge < -0.3 is 14.2 Å². The van der Waals surface area contributed by atoms with Crippen LogP contribution >= 0.6 is 0 Å². The Balaban J connectivity index is 1.12. The van der Waals surface area contributed by atoms with E-state index in [0.29, 0.717) is 0 Å². The highest BCUT2D eigenvalue weighted by Crippen LogP contribution is 2.57. The van der Waals surface area contributed by atoms with E-state index in [1.807, 2.05) is 0 Å². The van der Waals surface area contributed by atoms with Gasteiger partial charge in [0.2, 0.25) is 0 Å². The zero-order valence-electron chi connectivity index (χ0n) is 31.7. The van der Waals surface area contributed by atoms with E-state index in [1.54, 1.807) is 0 Å². The Bertz CT molecular complexity index is 3070. The number of para-hydroxylation sites is 2. The van der Waals surface area contributed by atoms with E-state index in [0.717, 1.165) is 28.5 Å². The van der Waals surface area contributed by atoms with Gasteiger partial charge in [0.25, 0.3) is 0 Å². The second kappa shape index (κ2) is 12.8. The van der Waals surface area contributed by atoms with Crippen molar-refractivity contribution in [3.05, 3.63) is 246 Å². The molecule has 9 aromatic rings. The van der Waals surface area contributed by atoms with E-state index in [-0.39, 0.29) is 12.0 Å². The third-order valence-corrected chi connectivity index (χ3v) is 12.6. The zero-order chi connectivity index (χ0) is 38.2. The Morgan fingerprint density at radius 3 is 1.88 bits per heavy atom. The molecule has 3 heteroatoms. The van der Waals surface area contributed by atoms with Gasteiger partial charge in [0, 0.05) is 51.1 Å². The normalized spacial score (nSPS) is 16.8. The molecule has 58 heavy (non-hydrogen) atoms. The second-order valence-electron chi connectivity index (χ2n) is 15.6. The van der Waals surface area contributed by atoms with Crippen LogP contribution in [0.25, 0.3) is 38.6 Å². The maximum atomic E-state index is 6.65. The van der Waals surface area contributed by atoms with Crippen LogP contribution in [-0.4, -0.2) is 10.7 Å². The SMILES string of the molecule is C1=CC2Oc3cc(N(c4ccc5c(c4)C(c4ccccc4)(c4ccccc4)c4ccccc4-5)c4ccc5c(c4)c4ccccc4n5-c4ccccc4)ccc3C2C=C1.